The lowest BCUT2D eigenvalue weighted by Crippen LogP contribution is -2.25. The maximum absolute atomic E-state index is 12.0. The van der Waals surface area contributed by atoms with E-state index in [-0.39, 0.29) is 22.4 Å². The number of H-pyrrole nitrogens is 1. The van der Waals surface area contributed by atoms with E-state index < -0.39 is 0 Å². The van der Waals surface area contributed by atoms with Gasteiger partial charge in [0, 0.05) is 30.4 Å². The van der Waals surface area contributed by atoms with Crippen LogP contribution in [0.2, 0.25) is 5.02 Å². The van der Waals surface area contributed by atoms with Gasteiger partial charge < -0.3 is 20.1 Å². The molecule has 0 radical (unpaired) electrons. The number of carbonyl (C=O) groups excluding carboxylic acids is 1. The molecule has 1 aromatic heterocycles. The van der Waals surface area contributed by atoms with Gasteiger partial charge >= 0.3 is 0 Å². The van der Waals surface area contributed by atoms with Gasteiger partial charge in [-0.15, -0.1) is 0 Å². The number of amides is 1. The van der Waals surface area contributed by atoms with Crippen LogP contribution in [0.15, 0.2) is 30.5 Å². The molecule has 0 saturated carbocycles. The zero-order chi connectivity index (χ0) is 14.5. The average molecular weight is 295 g/mol. The van der Waals surface area contributed by atoms with E-state index in [0.717, 1.165) is 5.69 Å². The monoisotopic (exact) mass is 294 g/mol. The summed E-state index contributed by atoms with van der Waals surface area (Å²) in [6.07, 6.45) is 2.55. The number of halogens is 1. The molecule has 5 nitrogen and oxygen atoms in total. The van der Waals surface area contributed by atoms with Gasteiger partial charge in [-0.25, -0.2) is 0 Å². The lowest BCUT2D eigenvalue weighted by Gasteiger charge is -2.09. The molecule has 20 heavy (non-hydrogen) atoms. The molecule has 2 rings (SSSR count). The highest BCUT2D eigenvalue weighted by Gasteiger charge is 2.13. The number of hydrogen-bond donors (Lipinski definition) is 3. The van der Waals surface area contributed by atoms with Crippen molar-refractivity contribution in [2.75, 3.05) is 13.7 Å². The molecule has 6 heteroatoms. The van der Waals surface area contributed by atoms with Crippen molar-refractivity contribution < 1.29 is 14.6 Å². The number of aromatic hydroxyl groups is 1. The van der Waals surface area contributed by atoms with Gasteiger partial charge in [-0.05, 0) is 24.3 Å². The molecule has 0 aliphatic rings. The molecule has 0 bridgehead atoms. The fraction of sp³-hybridized carbons (Fsp3) is 0.214. The first-order valence-corrected chi connectivity index (χ1v) is 6.46. The number of aromatic nitrogens is 1. The Morgan fingerprint density at radius 1 is 1.50 bits per heavy atom. The van der Waals surface area contributed by atoms with Crippen molar-refractivity contribution in [1.82, 2.24) is 10.3 Å². The maximum atomic E-state index is 12.0. The van der Waals surface area contributed by atoms with Crippen LogP contribution in [-0.4, -0.2) is 29.7 Å². The van der Waals surface area contributed by atoms with E-state index >= 15 is 0 Å². The summed E-state index contributed by atoms with van der Waals surface area (Å²) in [7, 11) is 1.40. The summed E-state index contributed by atoms with van der Waals surface area (Å²) in [5.41, 5.74) is 1.39. The zero-order valence-electron chi connectivity index (χ0n) is 10.9. The van der Waals surface area contributed by atoms with Gasteiger partial charge in [-0.3, -0.25) is 4.79 Å². The number of rotatable bonds is 5. The van der Waals surface area contributed by atoms with Crippen LogP contribution in [0, 0.1) is 0 Å². The third kappa shape index (κ3) is 3.24. The minimum Gasteiger partial charge on any atom is -0.503 e. The highest BCUT2D eigenvalue weighted by molar-refractivity contribution is 6.32. The predicted octanol–water partition coefficient (Wildman–Crippen LogP) is 2.35. The predicted molar refractivity (Wildman–Crippen MR) is 76.5 cm³/mol. The number of methoxy groups -OCH3 is 1. The number of aromatic amines is 1. The van der Waals surface area contributed by atoms with Gasteiger partial charge in [0.05, 0.1) is 12.1 Å². The van der Waals surface area contributed by atoms with E-state index in [1.54, 1.807) is 0 Å². The van der Waals surface area contributed by atoms with Crippen molar-refractivity contribution in [3.63, 3.8) is 0 Å². The van der Waals surface area contributed by atoms with Crippen molar-refractivity contribution in [2.45, 2.75) is 6.42 Å². The minimum atomic E-state index is -0.267. The van der Waals surface area contributed by atoms with Crippen LogP contribution in [0.5, 0.6) is 11.5 Å². The Hall–Kier alpha value is -2.14. The Bertz CT molecular complexity index is 597. The van der Waals surface area contributed by atoms with Crippen LogP contribution in [0.4, 0.5) is 0 Å². The van der Waals surface area contributed by atoms with Gasteiger partial charge in [0.2, 0.25) is 0 Å². The van der Waals surface area contributed by atoms with Crippen molar-refractivity contribution in [3.8, 4) is 11.5 Å². The number of carbonyl (C=O) groups is 1. The number of ether oxygens (including phenoxy) is 1. The molecular formula is C14H15ClN2O3. The van der Waals surface area contributed by atoms with Crippen molar-refractivity contribution in [3.05, 3.63) is 46.7 Å². The summed E-state index contributed by atoms with van der Waals surface area (Å²) in [5, 5.41) is 12.5. The second-order valence-corrected chi connectivity index (χ2v) is 4.62. The second-order valence-electron chi connectivity index (χ2n) is 4.21. The summed E-state index contributed by atoms with van der Waals surface area (Å²) < 4.78 is 4.96. The van der Waals surface area contributed by atoms with Crippen LogP contribution in [0.25, 0.3) is 0 Å². The molecule has 0 atom stereocenters. The summed E-state index contributed by atoms with van der Waals surface area (Å²) in [4.78, 5) is 15.0. The molecular weight excluding hydrogens is 280 g/mol. The third-order valence-corrected chi connectivity index (χ3v) is 3.14. The number of phenolic OH excluding ortho intramolecular Hbond substituents is 1. The lowest BCUT2D eigenvalue weighted by molar-refractivity contribution is 0.0953. The molecule has 0 aliphatic carbocycles. The second kappa shape index (κ2) is 6.34. The summed E-state index contributed by atoms with van der Waals surface area (Å²) in [6.45, 7) is 0.500. The molecule has 2 aromatic rings. The molecule has 1 heterocycles. The molecule has 0 aliphatic heterocycles. The standard InChI is InChI=1S/C14H15ClN2O3/c1-20-12-8-9(7-11(15)13(12)18)14(19)17-6-4-10-3-2-5-16-10/h2-3,5,7-8,16,18H,4,6H2,1H3,(H,17,19). The first-order chi connectivity index (χ1) is 9.61. The Labute approximate surface area is 121 Å². The fourth-order valence-electron chi connectivity index (χ4n) is 1.80. The average Bonchev–Trinajstić information content (AvgIpc) is 2.94. The molecule has 106 valence electrons. The quantitative estimate of drug-likeness (QED) is 0.792. The molecule has 0 spiro atoms. The van der Waals surface area contributed by atoms with Crippen LogP contribution < -0.4 is 10.1 Å². The largest absolute Gasteiger partial charge is 0.503 e. The van der Waals surface area contributed by atoms with E-state index in [1.807, 2.05) is 18.3 Å². The highest BCUT2D eigenvalue weighted by Crippen LogP contribution is 2.34. The first kappa shape index (κ1) is 14.3. The first-order valence-electron chi connectivity index (χ1n) is 6.08. The molecule has 1 aromatic carbocycles. The topological polar surface area (TPSA) is 74.3 Å². The molecule has 0 unspecified atom stereocenters. The summed E-state index contributed by atoms with van der Waals surface area (Å²) >= 11 is 5.84. The zero-order valence-corrected chi connectivity index (χ0v) is 11.7. The SMILES string of the molecule is COc1cc(C(=O)NCCc2ccc[nH]2)cc(Cl)c1O. The Morgan fingerprint density at radius 2 is 2.30 bits per heavy atom. The van der Waals surface area contributed by atoms with Crippen LogP contribution >= 0.6 is 11.6 Å². The number of hydrogen-bond acceptors (Lipinski definition) is 3. The minimum absolute atomic E-state index is 0.0823. The Kier molecular flexibility index (Phi) is 4.53. The van der Waals surface area contributed by atoms with Crippen LogP contribution in [0.1, 0.15) is 16.1 Å². The smallest absolute Gasteiger partial charge is 0.251 e. The Balaban J connectivity index is 2.00. The molecule has 1 amide bonds. The van der Waals surface area contributed by atoms with E-state index in [0.29, 0.717) is 18.5 Å². The van der Waals surface area contributed by atoms with Crippen molar-refractivity contribution in [1.29, 1.82) is 0 Å². The highest BCUT2D eigenvalue weighted by atomic mass is 35.5. The van der Waals surface area contributed by atoms with Crippen molar-refractivity contribution in [2.24, 2.45) is 0 Å². The Morgan fingerprint density at radius 3 is 2.95 bits per heavy atom. The van der Waals surface area contributed by atoms with Gasteiger partial charge in [0.1, 0.15) is 0 Å². The van der Waals surface area contributed by atoms with Crippen molar-refractivity contribution >= 4 is 17.5 Å². The van der Waals surface area contributed by atoms with E-state index in [9.17, 15) is 9.90 Å². The maximum Gasteiger partial charge on any atom is 0.251 e. The van der Waals surface area contributed by atoms with Crippen LogP contribution in [0.3, 0.4) is 0 Å². The third-order valence-electron chi connectivity index (χ3n) is 2.85. The number of phenols is 1. The van der Waals surface area contributed by atoms with Gasteiger partial charge in [-0.1, -0.05) is 11.6 Å². The van der Waals surface area contributed by atoms with Crippen LogP contribution in [-0.2, 0) is 6.42 Å². The normalized spacial score (nSPS) is 10.3. The number of benzene rings is 1. The number of nitrogens with one attached hydrogen (secondary N) is 2. The van der Waals surface area contributed by atoms with Gasteiger partial charge in [0.15, 0.2) is 11.5 Å². The lowest BCUT2D eigenvalue weighted by atomic mass is 10.2. The van der Waals surface area contributed by atoms with Gasteiger partial charge in [0.25, 0.3) is 5.91 Å². The van der Waals surface area contributed by atoms with Gasteiger partial charge in [-0.2, -0.15) is 0 Å². The van der Waals surface area contributed by atoms with E-state index in [2.05, 4.69) is 10.3 Å². The molecule has 0 saturated heterocycles. The van der Waals surface area contributed by atoms with E-state index in [4.69, 9.17) is 16.3 Å². The molecule has 3 N–H and O–H groups in total. The van der Waals surface area contributed by atoms with E-state index in [1.165, 1.54) is 19.2 Å². The summed E-state index contributed by atoms with van der Waals surface area (Å²) in [6, 6.07) is 6.71. The molecule has 0 fully saturated rings. The summed E-state index contributed by atoms with van der Waals surface area (Å²) in [5.74, 6) is -0.263. The fourth-order valence-corrected chi connectivity index (χ4v) is 2.01.